The second-order valence-electron chi connectivity index (χ2n) is 6.63. The van der Waals surface area contributed by atoms with Crippen LogP contribution in [-0.2, 0) is 4.74 Å². The van der Waals surface area contributed by atoms with E-state index in [9.17, 15) is 9.59 Å². The fourth-order valence-electron chi connectivity index (χ4n) is 2.84. The number of amides is 2. The Hall–Kier alpha value is -2.86. The molecule has 1 fully saturated rings. The number of hydrogen-bond donors (Lipinski definition) is 1. The average molecular weight is 368 g/mol. The number of hydrogen-bond acceptors (Lipinski definition) is 4. The number of ether oxygens (including phenoxy) is 2. The molecule has 0 saturated carbocycles. The Balaban J connectivity index is 1.66. The first-order valence-corrected chi connectivity index (χ1v) is 9.08. The molecule has 1 saturated heterocycles. The summed E-state index contributed by atoms with van der Waals surface area (Å²) in [5, 5.41) is 2.84. The van der Waals surface area contributed by atoms with E-state index in [1.165, 1.54) is 0 Å². The van der Waals surface area contributed by atoms with Gasteiger partial charge in [-0.3, -0.25) is 9.59 Å². The highest BCUT2D eigenvalue weighted by atomic mass is 16.5. The highest BCUT2D eigenvalue weighted by molar-refractivity contribution is 6.05. The molecule has 2 aromatic carbocycles. The van der Waals surface area contributed by atoms with Crippen molar-refractivity contribution < 1.29 is 19.1 Å². The lowest BCUT2D eigenvalue weighted by molar-refractivity contribution is 0.0303. The Morgan fingerprint density at radius 3 is 2.41 bits per heavy atom. The van der Waals surface area contributed by atoms with Gasteiger partial charge in [-0.2, -0.15) is 0 Å². The molecule has 0 aromatic heterocycles. The van der Waals surface area contributed by atoms with E-state index in [1.807, 2.05) is 13.8 Å². The standard InChI is InChI=1S/C21H24N2O4/c1-15(2)27-19-8-6-16(7-9-19)20(24)22-18-5-3-4-17(14-18)21(25)23-10-12-26-13-11-23/h3-9,14-15H,10-13H2,1-2H3,(H,22,24). The fourth-order valence-corrected chi connectivity index (χ4v) is 2.84. The SMILES string of the molecule is CC(C)Oc1ccc(C(=O)Nc2cccc(C(=O)N3CCOCC3)c2)cc1. The number of nitrogens with one attached hydrogen (secondary N) is 1. The van der Waals surface area contributed by atoms with Crippen LogP contribution in [0.15, 0.2) is 48.5 Å². The lowest BCUT2D eigenvalue weighted by Gasteiger charge is -2.27. The molecule has 0 radical (unpaired) electrons. The average Bonchev–Trinajstić information content (AvgIpc) is 2.68. The van der Waals surface area contributed by atoms with Crippen molar-refractivity contribution in [3.8, 4) is 5.75 Å². The Kier molecular flexibility index (Phi) is 6.08. The summed E-state index contributed by atoms with van der Waals surface area (Å²) in [5.74, 6) is 0.436. The topological polar surface area (TPSA) is 67.9 Å². The molecule has 27 heavy (non-hydrogen) atoms. The van der Waals surface area contributed by atoms with Gasteiger partial charge in [-0.15, -0.1) is 0 Å². The third-order valence-corrected chi connectivity index (χ3v) is 4.15. The number of rotatable bonds is 5. The molecule has 2 aromatic rings. The molecule has 1 aliphatic rings. The van der Waals surface area contributed by atoms with Crippen LogP contribution in [0.4, 0.5) is 5.69 Å². The fraction of sp³-hybridized carbons (Fsp3) is 0.333. The van der Waals surface area contributed by atoms with Gasteiger partial charge < -0.3 is 19.7 Å². The number of anilines is 1. The molecule has 6 heteroatoms. The lowest BCUT2D eigenvalue weighted by Crippen LogP contribution is -2.40. The molecule has 0 spiro atoms. The Morgan fingerprint density at radius 1 is 1.04 bits per heavy atom. The van der Waals surface area contributed by atoms with Gasteiger partial charge in [0.25, 0.3) is 11.8 Å². The van der Waals surface area contributed by atoms with Gasteiger partial charge >= 0.3 is 0 Å². The van der Waals surface area contributed by atoms with Crippen molar-refractivity contribution in [1.82, 2.24) is 4.90 Å². The molecule has 0 bridgehead atoms. The zero-order chi connectivity index (χ0) is 19.2. The van der Waals surface area contributed by atoms with Gasteiger partial charge in [-0.25, -0.2) is 0 Å². The Labute approximate surface area is 159 Å². The van der Waals surface area contributed by atoms with Crippen LogP contribution in [0, 0.1) is 0 Å². The maximum Gasteiger partial charge on any atom is 0.255 e. The Bertz CT molecular complexity index is 796. The van der Waals surface area contributed by atoms with Gasteiger partial charge in [0, 0.05) is 29.9 Å². The van der Waals surface area contributed by atoms with Crippen LogP contribution in [-0.4, -0.2) is 49.1 Å². The molecular weight excluding hydrogens is 344 g/mol. The normalized spacial score (nSPS) is 14.1. The summed E-state index contributed by atoms with van der Waals surface area (Å²) in [6.07, 6.45) is 0.0800. The summed E-state index contributed by atoms with van der Waals surface area (Å²) in [4.78, 5) is 26.8. The van der Waals surface area contributed by atoms with Crippen molar-refractivity contribution in [2.75, 3.05) is 31.6 Å². The second-order valence-corrected chi connectivity index (χ2v) is 6.63. The van der Waals surface area contributed by atoms with Crippen LogP contribution in [0.1, 0.15) is 34.6 Å². The van der Waals surface area contributed by atoms with E-state index in [1.54, 1.807) is 53.4 Å². The summed E-state index contributed by atoms with van der Waals surface area (Å²) in [7, 11) is 0. The zero-order valence-corrected chi connectivity index (χ0v) is 15.6. The van der Waals surface area contributed by atoms with Crippen molar-refractivity contribution in [2.24, 2.45) is 0 Å². The van der Waals surface area contributed by atoms with Gasteiger partial charge in [-0.1, -0.05) is 6.07 Å². The monoisotopic (exact) mass is 368 g/mol. The van der Waals surface area contributed by atoms with E-state index >= 15 is 0 Å². The third-order valence-electron chi connectivity index (χ3n) is 4.15. The molecule has 0 atom stereocenters. The number of carbonyl (C=O) groups is 2. The van der Waals surface area contributed by atoms with Crippen LogP contribution >= 0.6 is 0 Å². The molecule has 1 N–H and O–H groups in total. The first kappa shape index (κ1) is 18.9. The first-order valence-electron chi connectivity index (χ1n) is 9.08. The molecule has 3 rings (SSSR count). The quantitative estimate of drug-likeness (QED) is 0.880. The predicted molar refractivity (Wildman–Crippen MR) is 103 cm³/mol. The van der Waals surface area contributed by atoms with Gasteiger partial charge in [0.15, 0.2) is 0 Å². The maximum absolute atomic E-state index is 12.6. The van der Waals surface area contributed by atoms with Crippen LogP contribution < -0.4 is 10.1 Å². The van der Waals surface area contributed by atoms with E-state index in [4.69, 9.17) is 9.47 Å². The second kappa shape index (κ2) is 8.68. The third kappa shape index (κ3) is 5.08. The van der Waals surface area contributed by atoms with Crippen LogP contribution in [0.5, 0.6) is 5.75 Å². The summed E-state index contributed by atoms with van der Waals surface area (Å²) in [6, 6.07) is 14.0. The molecule has 142 valence electrons. The molecular formula is C21H24N2O4. The van der Waals surface area contributed by atoms with Gasteiger partial charge in [0.2, 0.25) is 0 Å². The summed E-state index contributed by atoms with van der Waals surface area (Å²) >= 11 is 0. The minimum absolute atomic E-state index is 0.0513. The van der Waals surface area contributed by atoms with E-state index in [0.717, 1.165) is 5.75 Å². The van der Waals surface area contributed by atoms with Crippen LogP contribution in [0.2, 0.25) is 0 Å². The zero-order valence-electron chi connectivity index (χ0n) is 15.6. The van der Waals surface area contributed by atoms with Crippen molar-refractivity contribution in [2.45, 2.75) is 20.0 Å². The summed E-state index contributed by atoms with van der Waals surface area (Å²) in [5.41, 5.74) is 1.66. The molecule has 6 nitrogen and oxygen atoms in total. The Morgan fingerprint density at radius 2 is 1.74 bits per heavy atom. The van der Waals surface area contributed by atoms with E-state index in [2.05, 4.69) is 5.32 Å². The lowest BCUT2D eigenvalue weighted by atomic mass is 10.1. The van der Waals surface area contributed by atoms with Gasteiger partial charge in [-0.05, 0) is 56.3 Å². The van der Waals surface area contributed by atoms with E-state index in [0.29, 0.717) is 43.1 Å². The smallest absolute Gasteiger partial charge is 0.255 e. The molecule has 2 amide bonds. The summed E-state index contributed by atoms with van der Waals surface area (Å²) < 4.78 is 10.9. The maximum atomic E-state index is 12.6. The molecule has 0 aliphatic carbocycles. The minimum Gasteiger partial charge on any atom is -0.491 e. The summed E-state index contributed by atoms with van der Waals surface area (Å²) in [6.45, 7) is 6.18. The number of nitrogens with zero attached hydrogens (tertiary/aromatic N) is 1. The number of morpholine rings is 1. The van der Waals surface area contributed by atoms with Crippen molar-refractivity contribution in [1.29, 1.82) is 0 Å². The van der Waals surface area contributed by atoms with Crippen LogP contribution in [0.3, 0.4) is 0 Å². The van der Waals surface area contributed by atoms with Gasteiger partial charge in [0.1, 0.15) is 5.75 Å². The minimum atomic E-state index is -0.234. The number of carbonyl (C=O) groups excluding carboxylic acids is 2. The predicted octanol–water partition coefficient (Wildman–Crippen LogP) is 3.20. The highest BCUT2D eigenvalue weighted by Gasteiger charge is 2.19. The largest absolute Gasteiger partial charge is 0.491 e. The first-order chi connectivity index (χ1) is 13.0. The molecule has 1 aliphatic heterocycles. The van der Waals surface area contributed by atoms with E-state index in [-0.39, 0.29) is 17.9 Å². The number of benzene rings is 2. The molecule has 0 unspecified atom stereocenters. The van der Waals surface area contributed by atoms with E-state index < -0.39 is 0 Å². The molecule has 1 heterocycles. The van der Waals surface area contributed by atoms with Crippen molar-refractivity contribution >= 4 is 17.5 Å². The highest BCUT2D eigenvalue weighted by Crippen LogP contribution is 2.17. The van der Waals surface area contributed by atoms with Crippen molar-refractivity contribution in [3.63, 3.8) is 0 Å². The van der Waals surface area contributed by atoms with Gasteiger partial charge in [0.05, 0.1) is 19.3 Å². The van der Waals surface area contributed by atoms with Crippen LogP contribution in [0.25, 0.3) is 0 Å². The van der Waals surface area contributed by atoms with Crippen molar-refractivity contribution in [3.05, 3.63) is 59.7 Å².